The van der Waals surface area contributed by atoms with Crippen LogP contribution in [0.3, 0.4) is 0 Å². The molecule has 0 saturated carbocycles. The highest BCUT2D eigenvalue weighted by Crippen LogP contribution is 2.24. The second-order valence-corrected chi connectivity index (χ2v) is 5.61. The molecule has 1 rings (SSSR count). The zero-order chi connectivity index (χ0) is 12.0. The van der Waals surface area contributed by atoms with Gasteiger partial charge in [-0.3, -0.25) is 0 Å². The molecule has 2 nitrogen and oxygen atoms in total. The van der Waals surface area contributed by atoms with Gasteiger partial charge in [0.2, 0.25) is 0 Å². The van der Waals surface area contributed by atoms with Gasteiger partial charge in [-0.15, -0.1) is 0 Å². The summed E-state index contributed by atoms with van der Waals surface area (Å²) in [4.78, 5) is 0. The van der Waals surface area contributed by atoms with Gasteiger partial charge in [0.1, 0.15) is 0 Å². The van der Waals surface area contributed by atoms with Gasteiger partial charge in [0, 0.05) is 12.2 Å². The number of rotatable bonds is 5. The van der Waals surface area contributed by atoms with Crippen LogP contribution in [0.15, 0.2) is 30.3 Å². The van der Waals surface area contributed by atoms with E-state index in [1.54, 1.807) is 0 Å². The molecule has 0 amide bonds. The van der Waals surface area contributed by atoms with Crippen molar-refractivity contribution < 1.29 is 0 Å². The SMILES string of the molecule is CC(C)(C)CC(CN)CNc1ccccc1. The molecule has 0 heterocycles. The number of anilines is 1. The van der Waals surface area contributed by atoms with Crippen molar-refractivity contribution in [2.75, 3.05) is 18.4 Å². The molecule has 1 unspecified atom stereocenters. The van der Waals surface area contributed by atoms with Crippen molar-refractivity contribution in [2.45, 2.75) is 27.2 Å². The average molecular weight is 220 g/mol. The lowest BCUT2D eigenvalue weighted by Gasteiger charge is -2.25. The molecule has 1 aromatic rings. The van der Waals surface area contributed by atoms with E-state index in [4.69, 9.17) is 5.73 Å². The maximum Gasteiger partial charge on any atom is 0.0340 e. The monoisotopic (exact) mass is 220 g/mol. The van der Waals surface area contributed by atoms with E-state index in [-0.39, 0.29) is 0 Å². The molecule has 90 valence electrons. The van der Waals surface area contributed by atoms with Crippen molar-refractivity contribution >= 4 is 5.69 Å². The molecule has 0 bridgehead atoms. The van der Waals surface area contributed by atoms with Crippen molar-refractivity contribution in [3.63, 3.8) is 0 Å². The normalized spacial score (nSPS) is 13.5. The third-order valence-corrected chi connectivity index (χ3v) is 2.60. The van der Waals surface area contributed by atoms with Crippen molar-refractivity contribution in [3.05, 3.63) is 30.3 Å². The highest BCUT2D eigenvalue weighted by molar-refractivity contribution is 5.42. The molecule has 0 aromatic heterocycles. The van der Waals surface area contributed by atoms with Crippen molar-refractivity contribution in [1.82, 2.24) is 0 Å². The number of para-hydroxylation sites is 1. The first-order valence-electron chi connectivity index (χ1n) is 6.00. The highest BCUT2D eigenvalue weighted by Gasteiger charge is 2.17. The summed E-state index contributed by atoms with van der Waals surface area (Å²) in [6, 6.07) is 10.3. The molecule has 0 aliphatic carbocycles. The topological polar surface area (TPSA) is 38.0 Å². The van der Waals surface area contributed by atoms with Crippen LogP contribution in [0.4, 0.5) is 5.69 Å². The molecular formula is C14H24N2. The average Bonchev–Trinajstić information content (AvgIpc) is 2.24. The number of hydrogen-bond donors (Lipinski definition) is 2. The maximum absolute atomic E-state index is 5.80. The fourth-order valence-electron chi connectivity index (χ4n) is 1.92. The summed E-state index contributed by atoms with van der Waals surface area (Å²) in [6.07, 6.45) is 1.16. The Hall–Kier alpha value is -1.02. The van der Waals surface area contributed by atoms with E-state index < -0.39 is 0 Å². The highest BCUT2D eigenvalue weighted by atomic mass is 14.9. The third kappa shape index (κ3) is 5.17. The van der Waals surface area contributed by atoms with E-state index >= 15 is 0 Å². The Morgan fingerprint density at radius 2 is 1.81 bits per heavy atom. The minimum atomic E-state index is 0.350. The van der Waals surface area contributed by atoms with E-state index in [0.29, 0.717) is 11.3 Å². The van der Waals surface area contributed by atoms with Crippen LogP contribution in [-0.2, 0) is 0 Å². The molecule has 2 heteroatoms. The van der Waals surface area contributed by atoms with Gasteiger partial charge in [0.15, 0.2) is 0 Å². The first-order chi connectivity index (χ1) is 7.51. The van der Waals surface area contributed by atoms with Crippen LogP contribution in [0.25, 0.3) is 0 Å². The summed E-state index contributed by atoms with van der Waals surface area (Å²) >= 11 is 0. The summed E-state index contributed by atoms with van der Waals surface area (Å²) in [5, 5.41) is 3.44. The largest absolute Gasteiger partial charge is 0.385 e. The van der Waals surface area contributed by atoms with Crippen molar-refractivity contribution in [1.29, 1.82) is 0 Å². The molecule has 16 heavy (non-hydrogen) atoms. The first-order valence-corrected chi connectivity index (χ1v) is 6.00. The second kappa shape index (κ2) is 5.90. The standard InChI is InChI=1S/C14H24N2/c1-14(2,3)9-12(10-15)11-16-13-7-5-4-6-8-13/h4-8,12,16H,9-11,15H2,1-3H3. The molecule has 1 aromatic carbocycles. The Labute approximate surface area is 99.2 Å². The Balaban J connectivity index is 2.40. The van der Waals surface area contributed by atoms with Gasteiger partial charge in [-0.2, -0.15) is 0 Å². The van der Waals surface area contributed by atoms with Crippen LogP contribution in [0.5, 0.6) is 0 Å². The summed E-state index contributed by atoms with van der Waals surface area (Å²) < 4.78 is 0. The molecule has 3 N–H and O–H groups in total. The predicted octanol–water partition coefficient (Wildman–Crippen LogP) is 3.11. The van der Waals surface area contributed by atoms with E-state index in [0.717, 1.165) is 19.5 Å². The van der Waals surface area contributed by atoms with E-state index in [9.17, 15) is 0 Å². The molecule has 0 fully saturated rings. The fourth-order valence-corrected chi connectivity index (χ4v) is 1.92. The summed E-state index contributed by atoms with van der Waals surface area (Å²) in [6.45, 7) is 8.49. The molecule has 0 aliphatic rings. The van der Waals surface area contributed by atoms with Gasteiger partial charge >= 0.3 is 0 Å². The number of hydrogen-bond acceptors (Lipinski definition) is 2. The van der Waals surface area contributed by atoms with E-state index in [1.165, 1.54) is 5.69 Å². The van der Waals surface area contributed by atoms with Crippen LogP contribution in [-0.4, -0.2) is 13.1 Å². The van der Waals surface area contributed by atoms with Gasteiger partial charge in [-0.05, 0) is 36.4 Å². The smallest absolute Gasteiger partial charge is 0.0340 e. The predicted molar refractivity (Wildman–Crippen MR) is 71.5 cm³/mol. The van der Waals surface area contributed by atoms with E-state index in [2.05, 4.69) is 38.2 Å². The Morgan fingerprint density at radius 3 is 2.31 bits per heavy atom. The van der Waals surface area contributed by atoms with Crippen LogP contribution in [0.2, 0.25) is 0 Å². The molecular weight excluding hydrogens is 196 g/mol. The summed E-state index contributed by atoms with van der Waals surface area (Å²) in [5.41, 5.74) is 7.33. The zero-order valence-electron chi connectivity index (χ0n) is 10.7. The summed E-state index contributed by atoms with van der Waals surface area (Å²) in [7, 11) is 0. The molecule has 0 radical (unpaired) electrons. The Morgan fingerprint density at radius 1 is 1.19 bits per heavy atom. The molecule has 0 aliphatic heterocycles. The van der Waals surface area contributed by atoms with Crippen molar-refractivity contribution in [2.24, 2.45) is 17.1 Å². The van der Waals surface area contributed by atoms with Gasteiger partial charge in [-0.1, -0.05) is 39.0 Å². The Bertz CT molecular complexity index is 287. The van der Waals surface area contributed by atoms with Crippen LogP contribution in [0, 0.1) is 11.3 Å². The number of nitrogens with two attached hydrogens (primary N) is 1. The first kappa shape index (κ1) is 13.0. The van der Waals surface area contributed by atoms with Crippen LogP contribution >= 0.6 is 0 Å². The quantitative estimate of drug-likeness (QED) is 0.800. The minimum absolute atomic E-state index is 0.350. The molecule has 1 atom stereocenters. The maximum atomic E-state index is 5.80. The van der Waals surface area contributed by atoms with Crippen LogP contribution in [0.1, 0.15) is 27.2 Å². The lowest BCUT2D eigenvalue weighted by atomic mass is 9.84. The van der Waals surface area contributed by atoms with Gasteiger partial charge in [0.25, 0.3) is 0 Å². The zero-order valence-corrected chi connectivity index (χ0v) is 10.7. The van der Waals surface area contributed by atoms with Gasteiger partial charge < -0.3 is 11.1 Å². The molecule has 0 spiro atoms. The summed E-state index contributed by atoms with van der Waals surface area (Å²) in [5.74, 6) is 0.542. The van der Waals surface area contributed by atoms with Crippen LogP contribution < -0.4 is 11.1 Å². The lowest BCUT2D eigenvalue weighted by molar-refractivity contribution is 0.305. The van der Waals surface area contributed by atoms with Gasteiger partial charge in [0.05, 0.1) is 0 Å². The minimum Gasteiger partial charge on any atom is -0.385 e. The lowest BCUT2D eigenvalue weighted by Crippen LogP contribution is -2.27. The molecule has 0 saturated heterocycles. The number of nitrogens with one attached hydrogen (secondary N) is 1. The fraction of sp³-hybridized carbons (Fsp3) is 0.571. The van der Waals surface area contributed by atoms with E-state index in [1.807, 2.05) is 18.2 Å². The van der Waals surface area contributed by atoms with Gasteiger partial charge in [-0.25, -0.2) is 0 Å². The second-order valence-electron chi connectivity index (χ2n) is 5.61. The van der Waals surface area contributed by atoms with Crippen molar-refractivity contribution in [3.8, 4) is 0 Å². The third-order valence-electron chi connectivity index (χ3n) is 2.60. The Kier molecular flexibility index (Phi) is 4.81. The number of benzene rings is 1.